The summed E-state index contributed by atoms with van der Waals surface area (Å²) in [6.07, 6.45) is 3.49. The highest BCUT2D eigenvalue weighted by atomic mass is 16.5. The third-order valence-corrected chi connectivity index (χ3v) is 6.61. The maximum absolute atomic E-state index is 9.58. The summed E-state index contributed by atoms with van der Waals surface area (Å²) in [5, 5.41) is 9.58. The van der Waals surface area contributed by atoms with Gasteiger partial charge in [-0.3, -0.25) is 9.80 Å². The molecule has 4 rings (SSSR count). The van der Waals surface area contributed by atoms with Gasteiger partial charge in [-0.2, -0.15) is 0 Å². The average molecular weight is 384 g/mol. The summed E-state index contributed by atoms with van der Waals surface area (Å²) in [6.45, 7) is 9.08. The maximum Gasteiger partial charge on any atom is 0.119 e. The topological polar surface area (TPSA) is 40.9 Å². The summed E-state index contributed by atoms with van der Waals surface area (Å²) in [5.74, 6) is 0.882. The van der Waals surface area contributed by atoms with E-state index in [1.165, 1.54) is 42.0 Å². The number of rotatable bonds is 6. The molecule has 0 unspecified atom stereocenters. The summed E-state index contributed by atoms with van der Waals surface area (Å²) in [6, 6.07) is 11.7. The summed E-state index contributed by atoms with van der Waals surface area (Å²) >= 11 is 0. The average Bonchev–Trinajstić information content (AvgIpc) is 3.26. The van der Waals surface area contributed by atoms with Gasteiger partial charge in [-0.15, -0.1) is 0 Å². The van der Waals surface area contributed by atoms with Crippen LogP contribution in [-0.4, -0.2) is 64.9 Å². The number of piperazine rings is 1. The number of benzene rings is 1. The van der Waals surface area contributed by atoms with Crippen molar-refractivity contribution in [1.82, 2.24) is 14.4 Å². The predicted molar refractivity (Wildman–Crippen MR) is 112 cm³/mol. The van der Waals surface area contributed by atoms with Crippen LogP contribution in [0.4, 0.5) is 0 Å². The first-order valence-corrected chi connectivity index (χ1v) is 10.5. The zero-order valence-electron chi connectivity index (χ0n) is 17.4. The normalized spacial score (nSPS) is 23.1. The highest BCUT2D eigenvalue weighted by Crippen LogP contribution is 2.29. The van der Waals surface area contributed by atoms with Crippen molar-refractivity contribution in [3.63, 3.8) is 0 Å². The molecule has 3 heterocycles. The number of hydrogen-bond donors (Lipinski definition) is 1. The van der Waals surface area contributed by atoms with Crippen LogP contribution in [0.1, 0.15) is 36.2 Å². The van der Waals surface area contributed by atoms with Crippen LogP contribution >= 0.6 is 0 Å². The van der Waals surface area contributed by atoms with E-state index in [1.54, 1.807) is 7.11 Å². The minimum absolute atomic E-state index is 0.268. The molecule has 28 heavy (non-hydrogen) atoms. The Kier molecular flexibility index (Phi) is 5.76. The number of aliphatic hydroxyl groups excluding tert-OH is 1. The fourth-order valence-corrected chi connectivity index (χ4v) is 5.10. The number of nitrogens with zero attached hydrogens (tertiary/aromatic N) is 3. The van der Waals surface area contributed by atoms with E-state index < -0.39 is 0 Å². The number of fused-ring (bicyclic) bond motifs is 1. The maximum atomic E-state index is 9.58. The zero-order chi connectivity index (χ0) is 19.7. The number of aryl methyl sites for hydroxylation is 1. The smallest absolute Gasteiger partial charge is 0.119 e. The minimum atomic E-state index is 0.268. The molecule has 2 atom stereocenters. The van der Waals surface area contributed by atoms with Crippen LogP contribution in [-0.2, 0) is 6.54 Å². The molecule has 152 valence electrons. The lowest BCUT2D eigenvalue weighted by Gasteiger charge is -2.43. The monoisotopic (exact) mass is 383 g/mol. The van der Waals surface area contributed by atoms with Crippen molar-refractivity contribution in [2.75, 3.05) is 33.4 Å². The van der Waals surface area contributed by atoms with E-state index in [-0.39, 0.29) is 6.61 Å². The van der Waals surface area contributed by atoms with Gasteiger partial charge in [0.2, 0.25) is 0 Å². The van der Waals surface area contributed by atoms with Crippen molar-refractivity contribution in [2.45, 2.75) is 51.7 Å². The molecular formula is C23H33N3O2. The first kappa shape index (κ1) is 19.5. The van der Waals surface area contributed by atoms with E-state index in [0.717, 1.165) is 31.8 Å². The van der Waals surface area contributed by atoms with Gasteiger partial charge >= 0.3 is 0 Å². The molecule has 2 saturated heterocycles. The number of hydrogen-bond acceptors (Lipinski definition) is 4. The largest absolute Gasteiger partial charge is 0.497 e. The first-order chi connectivity index (χ1) is 13.6. The molecule has 1 aromatic carbocycles. The lowest BCUT2D eigenvalue weighted by Crippen LogP contribution is -2.55. The van der Waals surface area contributed by atoms with E-state index in [1.807, 2.05) is 12.1 Å². The van der Waals surface area contributed by atoms with Crippen molar-refractivity contribution in [3.8, 4) is 11.4 Å². The molecule has 5 heteroatoms. The molecule has 1 N–H and O–H groups in total. The van der Waals surface area contributed by atoms with Crippen LogP contribution < -0.4 is 4.74 Å². The summed E-state index contributed by atoms with van der Waals surface area (Å²) < 4.78 is 7.64. The van der Waals surface area contributed by atoms with Gasteiger partial charge in [0.1, 0.15) is 5.75 Å². The van der Waals surface area contributed by atoms with Gasteiger partial charge in [0.05, 0.1) is 7.11 Å². The fourth-order valence-electron chi connectivity index (χ4n) is 5.10. The molecule has 0 amide bonds. The summed E-state index contributed by atoms with van der Waals surface area (Å²) in [4.78, 5) is 5.25. The number of ether oxygens (including phenoxy) is 1. The number of aromatic nitrogens is 1. The van der Waals surface area contributed by atoms with Crippen molar-refractivity contribution in [1.29, 1.82) is 0 Å². The molecule has 0 bridgehead atoms. The van der Waals surface area contributed by atoms with Crippen LogP contribution in [0.5, 0.6) is 5.75 Å². The second kappa shape index (κ2) is 8.27. The first-order valence-electron chi connectivity index (χ1n) is 10.5. The Balaban J connectivity index is 1.57. The van der Waals surface area contributed by atoms with Crippen molar-refractivity contribution >= 4 is 0 Å². The highest BCUT2D eigenvalue weighted by Gasteiger charge is 2.36. The molecule has 0 saturated carbocycles. The quantitative estimate of drug-likeness (QED) is 0.832. The van der Waals surface area contributed by atoms with Crippen LogP contribution in [0.2, 0.25) is 0 Å². The second-order valence-corrected chi connectivity index (χ2v) is 8.32. The predicted octanol–water partition coefficient (Wildman–Crippen LogP) is 3.13. The minimum Gasteiger partial charge on any atom is -0.497 e. The van der Waals surface area contributed by atoms with E-state index in [4.69, 9.17) is 4.74 Å². The van der Waals surface area contributed by atoms with Gasteiger partial charge < -0.3 is 14.4 Å². The molecule has 2 aliphatic rings. The van der Waals surface area contributed by atoms with Crippen LogP contribution in [0.15, 0.2) is 30.3 Å². The highest BCUT2D eigenvalue weighted by molar-refractivity contribution is 5.43. The Bertz CT molecular complexity index is 799. The molecular weight excluding hydrogens is 350 g/mol. The fraction of sp³-hybridized carbons (Fsp3) is 0.565. The van der Waals surface area contributed by atoms with Gasteiger partial charge in [-0.25, -0.2) is 0 Å². The number of aliphatic hydroxyl groups is 1. The summed E-state index contributed by atoms with van der Waals surface area (Å²) in [5.41, 5.74) is 5.13. The van der Waals surface area contributed by atoms with E-state index >= 15 is 0 Å². The SMILES string of the molecule is COc1ccc(-n2c(C)cc(CN3C[C@H]4CCCN4C[C@@H]3CCO)c2C)cc1. The molecule has 2 aliphatic heterocycles. The molecule has 0 radical (unpaired) electrons. The molecule has 5 nitrogen and oxygen atoms in total. The number of methoxy groups -OCH3 is 1. The van der Waals surface area contributed by atoms with Gasteiger partial charge in [-0.1, -0.05) is 0 Å². The van der Waals surface area contributed by atoms with Crippen molar-refractivity contribution in [2.24, 2.45) is 0 Å². The molecule has 0 aliphatic carbocycles. The summed E-state index contributed by atoms with van der Waals surface area (Å²) in [7, 11) is 1.70. The Morgan fingerprint density at radius 3 is 2.64 bits per heavy atom. The molecule has 1 aromatic heterocycles. The van der Waals surface area contributed by atoms with E-state index in [2.05, 4.69) is 46.4 Å². The lowest BCUT2D eigenvalue weighted by molar-refractivity contribution is 0.0332. The Morgan fingerprint density at radius 2 is 1.93 bits per heavy atom. The third kappa shape index (κ3) is 3.71. The van der Waals surface area contributed by atoms with Gasteiger partial charge in [-0.05, 0) is 75.5 Å². The Hall–Kier alpha value is -1.82. The molecule has 2 fully saturated rings. The van der Waals surface area contributed by atoms with Crippen molar-refractivity contribution in [3.05, 3.63) is 47.3 Å². The Morgan fingerprint density at radius 1 is 1.14 bits per heavy atom. The zero-order valence-corrected chi connectivity index (χ0v) is 17.4. The van der Waals surface area contributed by atoms with Crippen LogP contribution in [0.25, 0.3) is 5.69 Å². The van der Waals surface area contributed by atoms with Crippen molar-refractivity contribution < 1.29 is 9.84 Å². The van der Waals surface area contributed by atoms with E-state index in [9.17, 15) is 5.11 Å². The second-order valence-electron chi connectivity index (χ2n) is 8.32. The molecule has 2 aromatic rings. The van der Waals surface area contributed by atoms with Crippen LogP contribution in [0.3, 0.4) is 0 Å². The lowest BCUT2D eigenvalue weighted by atomic mass is 10.0. The van der Waals surface area contributed by atoms with Gasteiger partial charge in [0.15, 0.2) is 0 Å². The molecule has 0 spiro atoms. The van der Waals surface area contributed by atoms with Crippen LogP contribution in [0, 0.1) is 13.8 Å². The standard InChI is InChI=1S/C23H33N3O2/c1-17-13-19(18(2)26(17)20-6-8-23(28-3)9-7-20)14-25-16-21-5-4-11-24(21)15-22(25)10-12-27/h6-9,13,21-22,27H,4-5,10-12,14-16H2,1-3H3/t21-,22+/m1/s1. The third-order valence-electron chi connectivity index (χ3n) is 6.61. The van der Waals surface area contributed by atoms with E-state index in [0.29, 0.717) is 12.1 Å². The van der Waals surface area contributed by atoms with Gasteiger partial charge in [0, 0.05) is 55.4 Å². The Labute approximate surface area is 168 Å². The van der Waals surface area contributed by atoms with Gasteiger partial charge in [0.25, 0.3) is 0 Å².